The number of aromatic nitrogens is 1. The zero-order valence-corrected chi connectivity index (χ0v) is 21.2. The molecule has 1 heterocycles. The average molecular weight is 495 g/mol. The third kappa shape index (κ3) is 7.30. The van der Waals surface area contributed by atoms with Gasteiger partial charge in [0, 0.05) is 6.20 Å². The summed E-state index contributed by atoms with van der Waals surface area (Å²) in [4.78, 5) is 28.3. The summed E-state index contributed by atoms with van der Waals surface area (Å²) in [7, 11) is 0. The van der Waals surface area contributed by atoms with Crippen molar-refractivity contribution in [1.82, 2.24) is 10.3 Å². The number of carbonyl (C=O) groups excluding carboxylic acids is 1. The van der Waals surface area contributed by atoms with E-state index in [1.165, 1.54) is 30.0 Å². The molecule has 7 heteroatoms. The highest BCUT2D eigenvalue weighted by molar-refractivity contribution is 6.30. The van der Waals surface area contributed by atoms with Gasteiger partial charge in [-0.2, -0.15) is 0 Å². The number of benzene rings is 2. The molecule has 35 heavy (non-hydrogen) atoms. The van der Waals surface area contributed by atoms with Gasteiger partial charge >= 0.3 is 5.97 Å². The Morgan fingerprint density at radius 3 is 2.29 bits per heavy atom. The van der Waals surface area contributed by atoms with Crippen molar-refractivity contribution in [2.75, 3.05) is 0 Å². The highest BCUT2D eigenvalue weighted by Crippen LogP contribution is 2.27. The van der Waals surface area contributed by atoms with Crippen molar-refractivity contribution in [2.45, 2.75) is 46.6 Å². The van der Waals surface area contributed by atoms with Crippen molar-refractivity contribution in [3.05, 3.63) is 88.1 Å². The molecule has 2 N–H and O–H groups in total. The van der Waals surface area contributed by atoms with Gasteiger partial charge in [0.1, 0.15) is 11.3 Å². The fraction of sp³-hybridized carbons (Fsp3) is 0.321. The minimum absolute atomic E-state index is 0.154. The van der Waals surface area contributed by atoms with Crippen molar-refractivity contribution >= 4 is 23.5 Å². The fourth-order valence-corrected chi connectivity index (χ4v) is 3.66. The Balaban J connectivity index is 1.70. The molecule has 0 aliphatic heterocycles. The first-order valence-electron chi connectivity index (χ1n) is 11.7. The molecule has 0 bridgehead atoms. The molecule has 3 rings (SSSR count). The highest BCUT2D eigenvalue weighted by atomic mass is 35.5. The molecule has 0 aliphatic rings. The Kier molecular flexibility index (Phi) is 8.88. The molecule has 6 nitrogen and oxygen atoms in total. The van der Waals surface area contributed by atoms with Crippen LogP contribution in [-0.2, 0) is 6.42 Å². The number of halogens is 1. The van der Waals surface area contributed by atoms with E-state index in [1.807, 2.05) is 31.2 Å². The molecule has 1 unspecified atom stereocenters. The minimum atomic E-state index is -1.00. The van der Waals surface area contributed by atoms with Gasteiger partial charge in [-0.15, -0.1) is 0 Å². The van der Waals surface area contributed by atoms with E-state index >= 15 is 0 Å². The van der Waals surface area contributed by atoms with Gasteiger partial charge in [-0.3, -0.25) is 4.79 Å². The molecule has 1 aromatic heterocycles. The zero-order valence-electron chi connectivity index (χ0n) is 20.4. The summed E-state index contributed by atoms with van der Waals surface area (Å²) in [5.74, 6) is 0.642. The molecule has 2 aromatic carbocycles. The Morgan fingerprint density at radius 2 is 1.69 bits per heavy atom. The van der Waals surface area contributed by atoms with Gasteiger partial charge in [0.2, 0.25) is 5.88 Å². The van der Waals surface area contributed by atoms with E-state index in [4.69, 9.17) is 21.4 Å². The number of aromatic carboxylic acids is 1. The molecule has 0 radical (unpaired) electrons. The summed E-state index contributed by atoms with van der Waals surface area (Å²) in [6, 6.07) is 15.3. The Labute approximate surface area is 211 Å². The maximum atomic E-state index is 13.0. The molecule has 3 aromatic rings. The van der Waals surface area contributed by atoms with Gasteiger partial charge < -0.3 is 15.2 Å². The van der Waals surface area contributed by atoms with Crippen LogP contribution >= 0.6 is 11.6 Å². The van der Waals surface area contributed by atoms with Gasteiger partial charge in [0.05, 0.1) is 16.6 Å². The molecule has 1 amide bonds. The van der Waals surface area contributed by atoms with E-state index in [-0.39, 0.29) is 23.0 Å². The Morgan fingerprint density at radius 1 is 1.03 bits per heavy atom. The normalized spacial score (nSPS) is 12.7. The van der Waals surface area contributed by atoms with Crippen LogP contribution in [0.1, 0.15) is 72.0 Å². The number of pyridine rings is 1. The third-order valence-electron chi connectivity index (χ3n) is 6.23. The third-order valence-corrected chi connectivity index (χ3v) is 6.44. The van der Waals surface area contributed by atoms with E-state index in [2.05, 4.69) is 31.1 Å². The number of rotatable bonds is 10. The van der Waals surface area contributed by atoms with E-state index in [0.717, 1.165) is 18.4 Å². The van der Waals surface area contributed by atoms with Crippen LogP contribution in [-0.4, -0.2) is 22.0 Å². The molecule has 184 valence electrons. The van der Waals surface area contributed by atoms with Gasteiger partial charge in [0.15, 0.2) is 0 Å². The molecular weight excluding hydrogens is 464 g/mol. The lowest BCUT2D eigenvalue weighted by molar-refractivity contribution is 0.0696. The molecule has 0 saturated carbocycles. The maximum Gasteiger partial charge on any atom is 0.335 e. The molecular formula is C28H31ClN2O4. The summed E-state index contributed by atoms with van der Waals surface area (Å²) in [5.41, 5.74) is 2.39. The van der Waals surface area contributed by atoms with Crippen molar-refractivity contribution in [3.63, 3.8) is 0 Å². The number of aryl methyl sites for hydroxylation is 1. The van der Waals surface area contributed by atoms with E-state index in [0.29, 0.717) is 22.6 Å². The van der Waals surface area contributed by atoms with Crippen LogP contribution in [0.3, 0.4) is 0 Å². The van der Waals surface area contributed by atoms with E-state index < -0.39 is 11.9 Å². The number of nitrogens with one attached hydrogen (secondary N) is 1. The number of ether oxygens (including phenoxy) is 1. The van der Waals surface area contributed by atoms with Crippen molar-refractivity contribution in [2.24, 2.45) is 11.8 Å². The van der Waals surface area contributed by atoms with E-state index in [9.17, 15) is 9.59 Å². The van der Waals surface area contributed by atoms with Crippen molar-refractivity contribution < 1.29 is 19.4 Å². The van der Waals surface area contributed by atoms with Crippen LogP contribution in [0.25, 0.3) is 0 Å². The lowest BCUT2D eigenvalue weighted by Gasteiger charge is -2.16. The standard InChI is InChI=1S/C28H31ClN2O4/c1-17(2)18(3)5-6-20-7-13-24(14-8-20)35-27-25(15-23(29)16-30-27)26(32)31-19(4)21-9-11-22(12-10-21)28(33)34/h7-19H,5-6H2,1-4H3,(H,31,32)(H,33,34)/t18?,19-/m0/s1. The lowest BCUT2D eigenvalue weighted by atomic mass is 9.91. The Hall–Kier alpha value is -3.38. The quantitative estimate of drug-likeness (QED) is 0.318. The smallest absolute Gasteiger partial charge is 0.335 e. The van der Waals surface area contributed by atoms with Crippen LogP contribution in [0.5, 0.6) is 11.6 Å². The summed E-state index contributed by atoms with van der Waals surface area (Å²) < 4.78 is 5.94. The first-order valence-corrected chi connectivity index (χ1v) is 12.1. The maximum absolute atomic E-state index is 13.0. The summed E-state index contributed by atoms with van der Waals surface area (Å²) in [6.45, 7) is 8.56. The average Bonchev–Trinajstić information content (AvgIpc) is 2.84. The second-order valence-corrected chi connectivity index (χ2v) is 9.57. The highest BCUT2D eigenvalue weighted by Gasteiger charge is 2.19. The second kappa shape index (κ2) is 11.8. The number of hydrogen-bond donors (Lipinski definition) is 2. The number of carboxylic acids is 1. The number of hydrogen-bond acceptors (Lipinski definition) is 4. The van der Waals surface area contributed by atoms with Gasteiger partial charge in [0.25, 0.3) is 5.91 Å². The number of nitrogens with zero attached hydrogens (tertiary/aromatic N) is 1. The summed E-state index contributed by atoms with van der Waals surface area (Å²) in [6.07, 6.45) is 3.55. The molecule has 0 fully saturated rings. The van der Waals surface area contributed by atoms with Gasteiger partial charge in [-0.25, -0.2) is 9.78 Å². The van der Waals surface area contributed by atoms with Crippen LogP contribution < -0.4 is 10.1 Å². The lowest BCUT2D eigenvalue weighted by Crippen LogP contribution is -2.27. The van der Waals surface area contributed by atoms with E-state index in [1.54, 1.807) is 12.1 Å². The predicted molar refractivity (Wildman–Crippen MR) is 137 cm³/mol. The first-order chi connectivity index (χ1) is 16.6. The van der Waals surface area contributed by atoms with Gasteiger partial charge in [-0.05, 0) is 73.1 Å². The first kappa shape index (κ1) is 26.2. The minimum Gasteiger partial charge on any atom is -0.478 e. The Bertz CT molecular complexity index is 1160. The molecule has 0 spiro atoms. The number of amides is 1. The predicted octanol–water partition coefficient (Wildman–Crippen LogP) is 6.94. The van der Waals surface area contributed by atoms with Crippen LogP contribution in [0, 0.1) is 11.8 Å². The summed E-state index contributed by atoms with van der Waals surface area (Å²) in [5, 5.41) is 12.3. The second-order valence-electron chi connectivity index (χ2n) is 9.13. The molecule has 2 atom stereocenters. The molecule has 0 saturated heterocycles. The summed E-state index contributed by atoms with van der Waals surface area (Å²) >= 11 is 6.11. The molecule has 0 aliphatic carbocycles. The van der Waals surface area contributed by atoms with Crippen LogP contribution in [0.4, 0.5) is 0 Å². The van der Waals surface area contributed by atoms with Crippen molar-refractivity contribution in [3.8, 4) is 11.6 Å². The van der Waals surface area contributed by atoms with Gasteiger partial charge in [-0.1, -0.05) is 56.6 Å². The monoisotopic (exact) mass is 494 g/mol. The number of carbonyl (C=O) groups is 2. The SMILES string of the molecule is CC(C)C(C)CCc1ccc(Oc2ncc(Cl)cc2C(=O)N[C@@H](C)c2ccc(C(=O)O)cc2)cc1. The van der Waals surface area contributed by atoms with Crippen molar-refractivity contribution in [1.29, 1.82) is 0 Å². The van der Waals surface area contributed by atoms with Crippen LogP contribution in [0.2, 0.25) is 5.02 Å². The largest absolute Gasteiger partial charge is 0.478 e. The number of carboxylic acid groups (broad SMARTS) is 1. The zero-order chi connectivity index (χ0) is 25.5. The fourth-order valence-electron chi connectivity index (χ4n) is 3.51. The topological polar surface area (TPSA) is 88.5 Å². The van der Waals surface area contributed by atoms with Crippen LogP contribution in [0.15, 0.2) is 60.8 Å².